The smallest absolute Gasteiger partial charge is 0.770 e. The molecule has 1 saturated carbocycles. The molecule has 1 aliphatic carbocycles. The molecular weight excluding hydrogens is 142 g/mol. The van der Waals surface area contributed by atoms with Gasteiger partial charge in [-0.2, -0.15) is 0 Å². The summed E-state index contributed by atoms with van der Waals surface area (Å²) in [6, 6.07) is 0. The van der Waals surface area contributed by atoms with Crippen molar-refractivity contribution in [2.75, 3.05) is 0 Å². The van der Waals surface area contributed by atoms with Crippen LogP contribution in [0, 0.1) is 0 Å². The molecule has 1 unspecified atom stereocenters. The van der Waals surface area contributed by atoms with E-state index in [0.29, 0.717) is 0 Å². The van der Waals surface area contributed by atoms with Gasteiger partial charge in [0.15, 0.2) is 5.00 Å². The first-order valence-electron chi connectivity index (χ1n) is 1.93. The molecule has 0 bridgehead atoms. The van der Waals surface area contributed by atoms with Crippen LogP contribution in [0.1, 0.15) is 12.8 Å². The normalized spacial score (nSPS) is 25.8. The van der Waals surface area contributed by atoms with Crippen LogP contribution in [0.2, 0.25) is 0 Å². The summed E-state index contributed by atoms with van der Waals surface area (Å²) in [6.45, 7) is 0. The Morgan fingerprint density at radius 1 is 1.62 bits per heavy atom. The fraction of sp³-hybridized carbons (Fsp3) is 1.00. The average Bonchev–Trinajstić information content (AvgIpc) is 2.21. The summed E-state index contributed by atoms with van der Waals surface area (Å²) in [5.74, 6) is 0. The molecule has 42 valence electrons. The largest absolute Gasteiger partial charge is 1.00 e. The summed E-state index contributed by atoms with van der Waals surface area (Å²) in [5, 5.41) is -1.83. The Morgan fingerprint density at radius 3 is 2.00 bits per heavy atom. The summed E-state index contributed by atoms with van der Waals surface area (Å²) in [4.78, 5) is 0. The molecule has 0 radical (unpaired) electrons. The molecule has 2 nitrogen and oxygen atoms in total. The van der Waals surface area contributed by atoms with E-state index in [4.69, 9.17) is 0 Å². The van der Waals surface area contributed by atoms with E-state index in [1.54, 1.807) is 0 Å². The second-order valence-corrected chi connectivity index (χ2v) is 2.82. The van der Waals surface area contributed by atoms with Crippen molar-refractivity contribution in [2.45, 2.75) is 17.8 Å². The van der Waals surface area contributed by atoms with Crippen LogP contribution in [0.5, 0.6) is 0 Å². The molecular formula is C3H4FNaO2S. The minimum Gasteiger partial charge on any atom is -0.770 e. The van der Waals surface area contributed by atoms with Gasteiger partial charge >= 0.3 is 29.6 Å². The Kier molecular flexibility index (Phi) is 3.11. The van der Waals surface area contributed by atoms with E-state index in [1.807, 2.05) is 0 Å². The third kappa shape index (κ3) is 1.77. The van der Waals surface area contributed by atoms with Crippen molar-refractivity contribution in [1.29, 1.82) is 0 Å². The van der Waals surface area contributed by atoms with Gasteiger partial charge in [-0.3, -0.25) is 4.21 Å². The number of rotatable bonds is 1. The molecule has 0 aromatic heterocycles. The van der Waals surface area contributed by atoms with Gasteiger partial charge in [0.25, 0.3) is 0 Å². The summed E-state index contributed by atoms with van der Waals surface area (Å²) in [6.07, 6.45) is 0.367. The van der Waals surface area contributed by atoms with Crippen molar-refractivity contribution in [2.24, 2.45) is 0 Å². The molecule has 0 saturated heterocycles. The molecule has 0 heterocycles. The van der Waals surface area contributed by atoms with Gasteiger partial charge < -0.3 is 4.55 Å². The minimum atomic E-state index is -2.49. The Morgan fingerprint density at radius 2 is 2.00 bits per heavy atom. The molecule has 0 N–H and O–H groups in total. The molecule has 0 spiro atoms. The van der Waals surface area contributed by atoms with Crippen LogP contribution < -0.4 is 29.6 Å². The summed E-state index contributed by atoms with van der Waals surface area (Å²) >= 11 is -2.49. The maximum Gasteiger partial charge on any atom is 1.00 e. The first-order chi connectivity index (χ1) is 3.15. The molecule has 0 aromatic carbocycles. The summed E-state index contributed by atoms with van der Waals surface area (Å²) in [7, 11) is 0. The van der Waals surface area contributed by atoms with Crippen LogP contribution in [0.15, 0.2) is 0 Å². The standard InChI is InChI=1S/C3H5FO2S.Na/c4-3(1-2-3)7(5)6;/h1-2H2,(H,5,6);/q;+1/p-1. The van der Waals surface area contributed by atoms with Crippen molar-refractivity contribution in [3.05, 3.63) is 0 Å². The molecule has 1 fully saturated rings. The molecule has 5 heteroatoms. The SMILES string of the molecule is O=S([O-])C1(F)CC1.[Na+]. The van der Waals surface area contributed by atoms with Gasteiger partial charge in [0.05, 0.1) is 0 Å². The Hall–Kier alpha value is 1.04. The van der Waals surface area contributed by atoms with Crippen LogP contribution >= 0.6 is 0 Å². The topological polar surface area (TPSA) is 40.1 Å². The number of hydrogen-bond donors (Lipinski definition) is 0. The second kappa shape index (κ2) is 2.75. The van der Waals surface area contributed by atoms with E-state index in [1.165, 1.54) is 0 Å². The molecule has 1 aliphatic rings. The monoisotopic (exact) mass is 146 g/mol. The molecule has 1 rings (SSSR count). The average molecular weight is 146 g/mol. The first-order valence-corrected chi connectivity index (χ1v) is 3.01. The first kappa shape index (κ1) is 9.04. The van der Waals surface area contributed by atoms with Gasteiger partial charge in [-0.05, 0) is 23.9 Å². The molecule has 0 aromatic rings. The van der Waals surface area contributed by atoms with E-state index < -0.39 is 16.1 Å². The summed E-state index contributed by atoms with van der Waals surface area (Å²) in [5.41, 5.74) is 0. The maximum absolute atomic E-state index is 12.0. The quantitative estimate of drug-likeness (QED) is 0.299. The van der Waals surface area contributed by atoms with Gasteiger partial charge in [0, 0.05) is 0 Å². The van der Waals surface area contributed by atoms with Crippen LogP contribution in [0.3, 0.4) is 0 Å². The predicted octanol–water partition coefficient (Wildman–Crippen LogP) is -2.67. The van der Waals surface area contributed by atoms with Gasteiger partial charge in [0.1, 0.15) is 0 Å². The van der Waals surface area contributed by atoms with E-state index in [-0.39, 0.29) is 42.4 Å². The van der Waals surface area contributed by atoms with Crippen molar-refractivity contribution in [3.8, 4) is 0 Å². The van der Waals surface area contributed by atoms with Crippen LogP contribution in [0.4, 0.5) is 4.39 Å². The van der Waals surface area contributed by atoms with Gasteiger partial charge in [-0.15, -0.1) is 0 Å². The van der Waals surface area contributed by atoms with Crippen molar-refractivity contribution >= 4 is 11.1 Å². The van der Waals surface area contributed by atoms with E-state index in [9.17, 15) is 13.2 Å². The summed E-state index contributed by atoms with van der Waals surface area (Å²) < 4.78 is 31.4. The number of halogens is 1. The van der Waals surface area contributed by atoms with Crippen molar-refractivity contribution < 1.29 is 42.7 Å². The third-order valence-electron chi connectivity index (χ3n) is 0.942. The third-order valence-corrected chi connectivity index (χ3v) is 1.95. The zero-order valence-electron chi connectivity index (χ0n) is 4.52. The van der Waals surface area contributed by atoms with Gasteiger partial charge in [0.2, 0.25) is 0 Å². The fourth-order valence-corrected chi connectivity index (χ4v) is 0.700. The molecule has 1 atom stereocenters. The van der Waals surface area contributed by atoms with Crippen LogP contribution in [-0.2, 0) is 11.1 Å². The Balaban J connectivity index is 0.000000490. The zero-order chi connectivity index (χ0) is 5.49. The van der Waals surface area contributed by atoms with Crippen LogP contribution in [-0.4, -0.2) is 13.8 Å². The molecule has 0 aliphatic heterocycles. The Bertz CT molecular complexity index is 114. The minimum absolute atomic E-state index is 0. The van der Waals surface area contributed by atoms with Gasteiger partial charge in [-0.1, -0.05) is 0 Å². The van der Waals surface area contributed by atoms with Crippen LogP contribution in [0.25, 0.3) is 0 Å². The predicted molar refractivity (Wildman–Crippen MR) is 22.0 cm³/mol. The molecule has 8 heavy (non-hydrogen) atoms. The number of hydrogen-bond acceptors (Lipinski definition) is 2. The van der Waals surface area contributed by atoms with Crippen molar-refractivity contribution in [1.82, 2.24) is 0 Å². The number of alkyl halides is 1. The van der Waals surface area contributed by atoms with E-state index in [2.05, 4.69) is 0 Å². The van der Waals surface area contributed by atoms with E-state index in [0.717, 1.165) is 0 Å². The molecule has 0 amide bonds. The maximum atomic E-state index is 12.0. The van der Waals surface area contributed by atoms with Crippen molar-refractivity contribution in [3.63, 3.8) is 0 Å². The zero-order valence-corrected chi connectivity index (χ0v) is 7.33. The van der Waals surface area contributed by atoms with E-state index >= 15 is 0 Å². The fourth-order valence-electron chi connectivity index (χ4n) is 0.265. The Labute approximate surface area is 71.4 Å². The second-order valence-electron chi connectivity index (χ2n) is 1.62. The van der Waals surface area contributed by atoms with Gasteiger partial charge in [-0.25, -0.2) is 4.39 Å².